The van der Waals surface area contributed by atoms with E-state index in [4.69, 9.17) is 13.1 Å². The van der Waals surface area contributed by atoms with E-state index in [1.54, 1.807) is 0 Å². The van der Waals surface area contributed by atoms with Crippen molar-refractivity contribution in [3.63, 3.8) is 0 Å². The number of nitriles is 2. The fourth-order valence-corrected chi connectivity index (χ4v) is 8.70. The second-order valence-corrected chi connectivity index (χ2v) is 13.5. The summed E-state index contributed by atoms with van der Waals surface area (Å²) in [7, 11) is 0. The molecule has 4 aromatic carbocycles. The van der Waals surface area contributed by atoms with Gasteiger partial charge in [-0.1, -0.05) is 49.9 Å². The van der Waals surface area contributed by atoms with Crippen LogP contribution in [0.1, 0.15) is 62.5 Å². The highest BCUT2D eigenvalue weighted by molar-refractivity contribution is 5.77. The molecule has 8 heteroatoms. The summed E-state index contributed by atoms with van der Waals surface area (Å²) in [5.41, 5.74) is 6.65. The fraction of sp³-hybridized carbons (Fsp3) is 0.286. The van der Waals surface area contributed by atoms with Gasteiger partial charge in [-0.15, -0.1) is 0 Å². The number of hydrogen-bond donors (Lipinski definition) is 0. The van der Waals surface area contributed by atoms with Crippen LogP contribution in [-0.4, -0.2) is 24.2 Å². The van der Waals surface area contributed by atoms with E-state index in [0.717, 1.165) is 85.8 Å². The number of fused-ring (bicyclic) bond motifs is 2. The first kappa shape index (κ1) is 31.1. The van der Waals surface area contributed by atoms with Crippen molar-refractivity contribution in [1.29, 1.82) is 10.5 Å². The molecular weight excluding hydrogens is 617 g/mol. The van der Waals surface area contributed by atoms with E-state index < -0.39 is 0 Å². The predicted octanol–water partition coefficient (Wildman–Crippen LogP) is 9.63. The molecule has 4 unspecified atom stereocenters. The first-order valence-corrected chi connectivity index (χ1v) is 17.5. The summed E-state index contributed by atoms with van der Waals surface area (Å²) in [6.45, 7) is 15.3. The van der Waals surface area contributed by atoms with E-state index >= 15 is 0 Å². The SMILES string of the molecule is [C-]#[N+]c1ccc(N2/C(=C3/N(c4ccc(C#N)cc4)C4CCCCC4N3c3ccc([N+]#[C-])cc3)N(c3ccc(C#N)cc3)C3CCCCC32)cc1. The van der Waals surface area contributed by atoms with Gasteiger partial charge in [0.15, 0.2) is 23.0 Å². The molecule has 0 spiro atoms. The van der Waals surface area contributed by atoms with Gasteiger partial charge in [0, 0.05) is 22.7 Å². The van der Waals surface area contributed by atoms with Crippen LogP contribution in [0.3, 0.4) is 0 Å². The molecule has 4 aromatic rings. The standard InChI is InChI=1S/C42H36N8/c1-45-31-15-23-35(24-16-31)49-39-9-5-3-7-37(39)47(33-19-11-29(27-43)12-20-33)41(49)42-48(34-21-13-30(28-44)14-22-34)38-8-4-6-10-40(38)50(42)36-25-17-32(46-2)18-26-36/h11-26,37-40H,3-10H2/b42-41-. The molecule has 4 atom stereocenters. The van der Waals surface area contributed by atoms with E-state index in [0.29, 0.717) is 22.5 Å². The third-order valence-corrected chi connectivity index (χ3v) is 10.9. The highest BCUT2D eigenvalue weighted by Gasteiger charge is 2.53. The minimum atomic E-state index is 0.191. The number of hydrogen-bond acceptors (Lipinski definition) is 6. The Bertz CT molecular complexity index is 1790. The second-order valence-electron chi connectivity index (χ2n) is 13.5. The van der Waals surface area contributed by atoms with Gasteiger partial charge in [-0.25, -0.2) is 9.69 Å². The number of anilines is 4. The average molecular weight is 653 g/mol. The summed E-state index contributed by atoms with van der Waals surface area (Å²) in [6, 6.07) is 37.4. The molecule has 0 N–H and O–H groups in total. The first-order valence-electron chi connectivity index (χ1n) is 17.5. The van der Waals surface area contributed by atoms with Gasteiger partial charge in [-0.2, -0.15) is 10.5 Å². The summed E-state index contributed by atoms with van der Waals surface area (Å²) < 4.78 is 0. The molecule has 2 aliphatic carbocycles. The molecule has 0 amide bonds. The molecule has 0 bridgehead atoms. The first-order chi connectivity index (χ1) is 24.6. The molecule has 0 aromatic heterocycles. The molecule has 2 aliphatic heterocycles. The fourth-order valence-electron chi connectivity index (χ4n) is 8.70. The summed E-state index contributed by atoms with van der Waals surface area (Å²) in [5.74, 6) is 2.16. The van der Waals surface area contributed by atoms with Gasteiger partial charge in [-0.05, 0) is 98.5 Å². The zero-order chi connectivity index (χ0) is 34.2. The van der Waals surface area contributed by atoms with Crippen molar-refractivity contribution in [2.75, 3.05) is 19.6 Å². The lowest BCUT2D eigenvalue weighted by atomic mass is 9.89. The Morgan fingerprint density at radius 1 is 0.440 bits per heavy atom. The van der Waals surface area contributed by atoms with Crippen molar-refractivity contribution in [3.05, 3.63) is 143 Å². The van der Waals surface area contributed by atoms with Crippen LogP contribution in [0.2, 0.25) is 0 Å². The quantitative estimate of drug-likeness (QED) is 0.205. The van der Waals surface area contributed by atoms with Crippen LogP contribution >= 0.6 is 0 Å². The molecule has 4 aliphatic rings. The van der Waals surface area contributed by atoms with Crippen LogP contribution in [0.4, 0.5) is 34.1 Å². The summed E-state index contributed by atoms with van der Waals surface area (Å²) in [4.78, 5) is 17.5. The molecule has 8 rings (SSSR count). The van der Waals surface area contributed by atoms with Crippen molar-refractivity contribution in [3.8, 4) is 12.1 Å². The lowest BCUT2D eigenvalue weighted by Crippen LogP contribution is -2.40. The number of benzene rings is 4. The van der Waals surface area contributed by atoms with Gasteiger partial charge in [0.05, 0.1) is 60.6 Å². The molecule has 8 nitrogen and oxygen atoms in total. The molecule has 244 valence electrons. The van der Waals surface area contributed by atoms with E-state index in [9.17, 15) is 10.5 Å². The largest absolute Gasteiger partial charge is 0.320 e. The van der Waals surface area contributed by atoms with Gasteiger partial charge in [-0.3, -0.25) is 0 Å². The maximum Gasteiger partial charge on any atom is 0.187 e. The molecule has 4 fully saturated rings. The van der Waals surface area contributed by atoms with Gasteiger partial charge in [0.2, 0.25) is 0 Å². The zero-order valence-electron chi connectivity index (χ0n) is 27.8. The van der Waals surface area contributed by atoms with Gasteiger partial charge < -0.3 is 19.6 Å². The normalized spacial score (nSPS) is 24.1. The second kappa shape index (κ2) is 13.0. The van der Waals surface area contributed by atoms with E-state index in [2.05, 4.69) is 90.0 Å². The van der Waals surface area contributed by atoms with Crippen molar-refractivity contribution >= 4 is 34.1 Å². The Morgan fingerprint density at radius 2 is 0.700 bits per heavy atom. The highest BCUT2D eigenvalue weighted by Crippen LogP contribution is 2.51. The monoisotopic (exact) mass is 652 g/mol. The van der Waals surface area contributed by atoms with Crippen molar-refractivity contribution in [1.82, 2.24) is 0 Å². The van der Waals surface area contributed by atoms with Crippen LogP contribution in [-0.2, 0) is 0 Å². The molecule has 0 radical (unpaired) electrons. The molecule has 2 heterocycles. The Labute approximate surface area is 293 Å². The molecule has 2 saturated carbocycles. The van der Waals surface area contributed by atoms with Crippen LogP contribution < -0.4 is 19.6 Å². The maximum atomic E-state index is 9.70. The van der Waals surface area contributed by atoms with Crippen molar-refractivity contribution in [2.24, 2.45) is 0 Å². The number of nitrogens with zero attached hydrogens (tertiary/aromatic N) is 8. The lowest BCUT2D eigenvalue weighted by Gasteiger charge is -2.36. The molecular formula is C42H36N8. The minimum Gasteiger partial charge on any atom is -0.320 e. The van der Waals surface area contributed by atoms with Crippen molar-refractivity contribution < 1.29 is 0 Å². The zero-order valence-corrected chi connectivity index (χ0v) is 27.8. The Morgan fingerprint density at radius 3 is 0.940 bits per heavy atom. The summed E-state index contributed by atoms with van der Waals surface area (Å²) in [5, 5.41) is 19.4. The molecule has 50 heavy (non-hydrogen) atoms. The topological polar surface area (TPSA) is 69.3 Å². The van der Waals surface area contributed by atoms with Gasteiger partial charge in [0.25, 0.3) is 0 Å². The van der Waals surface area contributed by atoms with Crippen LogP contribution in [0, 0.1) is 35.8 Å². The third kappa shape index (κ3) is 5.18. The summed E-state index contributed by atoms with van der Waals surface area (Å²) in [6.07, 6.45) is 8.65. The Balaban J connectivity index is 1.46. The van der Waals surface area contributed by atoms with Crippen molar-refractivity contribution in [2.45, 2.75) is 75.5 Å². The van der Waals surface area contributed by atoms with Crippen LogP contribution in [0.25, 0.3) is 9.69 Å². The maximum absolute atomic E-state index is 9.70. The lowest BCUT2D eigenvalue weighted by molar-refractivity contribution is 0.409. The van der Waals surface area contributed by atoms with E-state index in [1.807, 2.05) is 48.5 Å². The minimum absolute atomic E-state index is 0.191. The molecule has 2 saturated heterocycles. The predicted molar refractivity (Wildman–Crippen MR) is 197 cm³/mol. The highest BCUT2D eigenvalue weighted by atomic mass is 15.5. The van der Waals surface area contributed by atoms with Gasteiger partial charge in [0.1, 0.15) is 0 Å². The van der Waals surface area contributed by atoms with E-state index in [-0.39, 0.29) is 24.2 Å². The van der Waals surface area contributed by atoms with Crippen LogP contribution in [0.5, 0.6) is 0 Å². The Kier molecular flexibility index (Phi) is 8.08. The summed E-state index contributed by atoms with van der Waals surface area (Å²) >= 11 is 0. The van der Waals surface area contributed by atoms with E-state index in [1.165, 1.54) is 0 Å². The Hall–Kier alpha value is -6.22. The van der Waals surface area contributed by atoms with Crippen LogP contribution in [0.15, 0.2) is 109 Å². The smallest absolute Gasteiger partial charge is 0.187 e. The third-order valence-electron chi connectivity index (χ3n) is 10.9. The van der Waals surface area contributed by atoms with Gasteiger partial charge >= 0.3 is 0 Å². The number of rotatable bonds is 4. The average Bonchev–Trinajstić information content (AvgIpc) is 3.71.